The molecule has 16 heavy (non-hydrogen) atoms. The van der Waals surface area contributed by atoms with Crippen molar-refractivity contribution in [3.05, 3.63) is 66.3 Å². The average molecular weight is 340 g/mol. The van der Waals surface area contributed by atoms with Gasteiger partial charge >= 0.3 is 0 Å². The van der Waals surface area contributed by atoms with E-state index in [0.717, 1.165) is 0 Å². The quantitative estimate of drug-likeness (QED) is 0.684. The van der Waals surface area contributed by atoms with Crippen molar-refractivity contribution >= 4 is 37.9 Å². The zero-order chi connectivity index (χ0) is 11.4. The Kier molecular flexibility index (Phi) is 3.82. The molecule has 2 heteroatoms. The molecule has 0 spiro atoms. The van der Waals surface area contributed by atoms with Crippen LogP contribution in [0.4, 0.5) is 0 Å². The molecular weight excluding hydrogens is 328 g/mol. The molecule has 0 nitrogen and oxygen atoms in total. The van der Waals surface area contributed by atoms with Crippen molar-refractivity contribution in [1.29, 1.82) is 0 Å². The van der Waals surface area contributed by atoms with E-state index in [-0.39, 0.29) is 9.15 Å². The number of allylic oxidation sites excluding steroid dienone is 5. The molecule has 1 aliphatic carbocycles. The minimum Gasteiger partial charge on any atom is -0.0823 e. The molecule has 0 saturated carbocycles. The van der Waals surface area contributed by atoms with Crippen molar-refractivity contribution in [3.63, 3.8) is 0 Å². The molecular formula is C14H12Br2. The lowest BCUT2D eigenvalue weighted by atomic mass is 9.99. The van der Waals surface area contributed by atoms with E-state index < -0.39 is 0 Å². The predicted octanol–water partition coefficient (Wildman–Crippen LogP) is 4.72. The van der Waals surface area contributed by atoms with Crippen molar-refractivity contribution in [1.82, 2.24) is 0 Å². The predicted molar refractivity (Wildman–Crippen MR) is 78.1 cm³/mol. The number of halogens is 2. The average Bonchev–Trinajstić information content (AvgIpc) is 2.32. The molecule has 0 N–H and O–H groups in total. The normalized spacial score (nSPS) is 28.8. The monoisotopic (exact) mass is 338 g/mol. The van der Waals surface area contributed by atoms with Crippen LogP contribution in [-0.4, -0.2) is 9.15 Å². The van der Waals surface area contributed by atoms with E-state index in [4.69, 9.17) is 0 Å². The van der Waals surface area contributed by atoms with Gasteiger partial charge in [0.1, 0.15) is 0 Å². The van der Waals surface area contributed by atoms with Crippen LogP contribution in [0.5, 0.6) is 0 Å². The molecule has 1 aliphatic rings. The lowest BCUT2D eigenvalue weighted by Gasteiger charge is -2.25. The van der Waals surface area contributed by atoms with Crippen molar-refractivity contribution < 1.29 is 0 Å². The Morgan fingerprint density at radius 2 is 1.88 bits per heavy atom. The fraction of sp³-hybridized carbons (Fsp3) is 0.143. The van der Waals surface area contributed by atoms with E-state index in [1.165, 1.54) is 5.56 Å². The standard InChI is InChI=1S/C14H12Br2/c15-13-8-4-5-10-14(13,16)11-9-12-6-2-1-3-7-12/h1-11,13H. The Hall–Kier alpha value is -0.600. The van der Waals surface area contributed by atoms with E-state index >= 15 is 0 Å². The molecule has 2 unspecified atom stereocenters. The highest BCUT2D eigenvalue weighted by Crippen LogP contribution is 2.35. The summed E-state index contributed by atoms with van der Waals surface area (Å²) in [6.45, 7) is 0. The molecule has 0 radical (unpaired) electrons. The van der Waals surface area contributed by atoms with Crippen LogP contribution < -0.4 is 0 Å². The largest absolute Gasteiger partial charge is 0.0823 e. The Labute approximate surface area is 113 Å². The zero-order valence-electron chi connectivity index (χ0n) is 8.68. The molecule has 0 bridgehead atoms. The number of hydrogen-bond acceptors (Lipinski definition) is 0. The molecule has 82 valence electrons. The summed E-state index contributed by atoms with van der Waals surface area (Å²) < 4.78 is -0.127. The van der Waals surface area contributed by atoms with E-state index in [0.29, 0.717) is 0 Å². The van der Waals surface area contributed by atoms with E-state index in [2.05, 4.69) is 80.4 Å². The van der Waals surface area contributed by atoms with Crippen LogP contribution in [0, 0.1) is 0 Å². The van der Waals surface area contributed by atoms with Gasteiger partial charge in [-0.3, -0.25) is 0 Å². The van der Waals surface area contributed by atoms with Gasteiger partial charge in [-0.15, -0.1) is 0 Å². The molecule has 1 aromatic carbocycles. The first kappa shape index (κ1) is 11.9. The van der Waals surface area contributed by atoms with E-state index in [9.17, 15) is 0 Å². The summed E-state index contributed by atoms with van der Waals surface area (Å²) in [7, 11) is 0. The van der Waals surface area contributed by atoms with Crippen molar-refractivity contribution in [3.8, 4) is 0 Å². The molecule has 2 atom stereocenters. The van der Waals surface area contributed by atoms with Crippen LogP contribution >= 0.6 is 31.9 Å². The summed E-state index contributed by atoms with van der Waals surface area (Å²) in [6, 6.07) is 10.3. The molecule has 0 saturated heterocycles. The maximum absolute atomic E-state index is 3.75. The Morgan fingerprint density at radius 3 is 2.56 bits per heavy atom. The summed E-state index contributed by atoms with van der Waals surface area (Å²) >= 11 is 7.40. The first-order chi connectivity index (χ1) is 7.71. The van der Waals surface area contributed by atoms with Gasteiger partial charge in [0, 0.05) is 0 Å². The zero-order valence-corrected chi connectivity index (χ0v) is 11.9. The lowest BCUT2D eigenvalue weighted by molar-refractivity contribution is 0.936. The maximum Gasteiger partial charge on any atom is 0.0782 e. The van der Waals surface area contributed by atoms with Gasteiger partial charge < -0.3 is 0 Å². The van der Waals surface area contributed by atoms with Crippen LogP contribution in [0.2, 0.25) is 0 Å². The molecule has 0 heterocycles. The minimum atomic E-state index is -0.127. The molecule has 1 aromatic rings. The van der Waals surface area contributed by atoms with Crippen molar-refractivity contribution in [2.24, 2.45) is 0 Å². The Morgan fingerprint density at radius 1 is 1.12 bits per heavy atom. The molecule has 0 aromatic heterocycles. The van der Waals surface area contributed by atoms with Crippen LogP contribution in [0.15, 0.2) is 60.7 Å². The fourth-order valence-electron chi connectivity index (χ4n) is 1.54. The number of benzene rings is 1. The second kappa shape index (κ2) is 5.15. The summed E-state index contributed by atoms with van der Waals surface area (Å²) in [6.07, 6.45) is 12.7. The third-order valence-electron chi connectivity index (χ3n) is 2.50. The van der Waals surface area contributed by atoms with Gasteiger partial charge in [0.05, 0.1) is 9.15 Å². The molecule has 0 amide bonds. The van der Waals surface area contributed by atoms with Gasteiger partial charge in [0.2, 0.25) is 0 Å². The lowest BCUT2D eigenvalue weighted by Crippen LogP contribution is -2.26. The Bertz CT molecular complexity index is 431. The second-order valence-corrected chi connectivity index (χ2v) is 6.08. The van der Waals surface area contributed by atoms with Gasteiger partial charge in [0.15, 0.2) is 0 Å². The first-order valence-electron chi connectivity index (χ1n) is 5.14. The number of hydrogen-bond donors (Lipinski definition) is 0. The van der Waals surface area contributed by atoms with Gasteiger partial charge in [-0.2, -0.15) is 0 Å². The molecule has 0 aliphatic heterocycles. The van der Waals surface area contributed by atoms with Gasteiger partial charge in [-0.1, -0.05) is 98.6 Å². The summed E-state index contributed by atoms with van der Waals surface area (Å²) in [5.41, 5.74) is 1.21. The first-order valence-corrected chi connectivity index (χ1v) is 6.85. The third-order valence-corrected chi connectivity index (χ3v) is 5.20. The van der Waals surface area contributed by atoms with Crippen LogP contribution in [-0.2, 0) is 0 Å². The molecule has 2 rings (SSSR count). The highest BCUT2D eigenvalue weighted by atomic mass is 79.9. The third kappa shape index (κ3) is 2.74. The SMILES string of the molecule is BrC1C=CC=CC1(Br)C=Cc1ccccc1. The van der Waals surface area contributed by atoms with Gasteiger partial charge in [-0.05, 0) is 5.56 Å². The van der Waals surface area contributed by atoms with Gasteiger partial charge in [-0.25, -0.2) is 0 Å². The number of rotatable bonds is 2. The Balaban J connectivity index is 2.18. The van der Waals surface area contributed by atoms with Crippen LogP contribution in [0.1, 0.15) is 5.56 Å². The molecule has 0 fully saturated rings. The minimum absolute atomic E-state index is 0.127. The maximum atomic E-state index is 3.75. The van der Waals surface area contributed by atoms with Gasteiger partial charge in [0.25, 0.3) is 0 Å². The number of alkyl halides is 2. The smallest absolute Gasteiger partial charge is 0.0782 e. The highest BCUT2D eigenvalue weighted by molar-refractivity contribution is 9.12. The highest BCUT2D eigenvalue weighted by Gasteiger charge is 2.28. The summed E-state index contributed by atoms with van der Waals surface area (Å²) in [5, 5.41) is 0. The summed E-state index contributed by atoms with van der Waals surface area (Å²) in [4.78, 5) is 0.282. The summed E-state index contributed by atoms with van der Waals surface area (Å²) in [5.74, 6) is 0. The topological polar surface area (TPSA) is 0 Å². The van der Waals surface area contributed by atoms with E-state index in [1.54, 1.807) is 0 Å². The van der Waals surface area contributed by atoms with Crippen molar-refractivity contribution in [2.45, 2.75) is 9.15 Å². The van der Waals surface area contributed by atoms with E-state index in [1.807, 2.05) is 18.2 Å². The fourth-order valence-corrected chi connectivity index (χ4v) is 2.46. The van der Waals surface area contributed by atoms with Crippen LogP contribution in [0.3, 0.4) is 0 Å². The second-order valence-electron chi connectivity index (χ2n) is 3.72. The van der Waals surface area contributed by atoms with Crippen LogP contribution in [0.25, 0.3) is 6.08 Å². The van der Waals surface area contributed by atoms with Crippen molar-refractivity contribution in [2.75, 3.05) is 0 Å².